The molecule has 2 rings (SSSR count). The van der Waals surface area contributed by atoms with Crippen LogP contribution >= 0.6 is 0 Å². The number of nitrogens with two attached hydrogens (primary N) is 1. The zero-order valence-corrected chi connectivity index (χ0v) is 10.4. The number of ether oxygens (including phenoxy) is 2. The maximum Gasteiger partial charge on any atom is 0.0878 e. The van der Waals surface area contributed by atoms with E-state index in [1.54, 1.807) is 0 Å². The Labute approximate surface area is 98.7 Å². The van der Waals surface area contributed by atoms with Gasteiger partial charge in [-0.05, 0) is 25.7 Å². The van der Waals surface area contributed by atoms with E-state index in [2.05, 4.69) is 6.92 Å². The highest BCUT2D eigenvalue weighted by atomic mass is 16.5. The van der Waals surface area contributed by atoms with E-state index < -0.39 is 0 Å². The summed E-state index contributed by atoms with van der Waals surface area (Å²) in [6, 6.07) is 0.207. The summed E-state index contributed by atoms with van der Waals surface area (Å²) in [6.45, 7) is 4.44. The van der Waals surface area contributed by atoms with E-state index in [0.29, 0.717) is 5.92 Å². The molecule has 0 bridgehead atoms. The molecule has 1 saturated heterocycles. The molecular formula is C13H25NO2. The second-order valence-corrected chi connectivity index (χ2v) is 5.18. The summed E-state index contributed by atoms with van der Waals surface area (Å²) in [4.78, 5) is 0. The van der Waals surface area contributed by atoms with Gasteiger partial charge in [-0.3, -0.25) is 0 Å². The molecule has 94 valence electrons. The van der Waals surface area contributed by atoms with Crippen molar-refractivity contribution < 1.29 is 9.47 Å². The van der Waals surface area contributed by atoms with Crippen LogP contribution in [0.2, 0.25) is 0 Å². The molecule has 2 aliphatic rings. The van der Waals surface area contributed by atoms with Gasteiger partial charge in [0.2, 0.25) is 0 Å². The minimum Gasteiger partial charge on any atom is -0.381 e. The van der Waals surface area contributed by atoms with E-state index in [-0.39, 0.29) is 11.6 Å². The third-order valence-electron chi connectivity index (χ3n) is 4.29. The van der Waals surface area contributed by atoms with Gasteiger partial charge in [-0.15, -0.1) is 0 Å². The minimum absolute atomic E-state index is 0.0952. The van der Waals surface area contributed by atoms with Crippen molar-refractivity contribution in [2.75, 3.05) is 19.8 Å². The SMILES string of the molecule is CCOC1(C(N)C2CCCC2)CCOCC1. The molecule has 1 atom stereocenters. The van der Waals surface area contributed by atoms with Crippen molar-refractivity contribution in [1.29, 1.82) is 0 Å². The van der Waals surface area contributed by atoms with E-state index in [1.165, 1.54) is 25.7 Å². The highest BCUT2D eigenvalue weighted by Crippen LogP contribution is 2.37. The number of rotatable bonds is 4. The lowest BCUT2D eigenvalue weighted by Gasteiger charge is -2.43. The van der Waals surface area contributed by atoms with Crippen LogP contribution in [0.25, 0.3) is 0 Å². The summed E-state index contributed by atoms with van der Waals surface area (Å²) in [7, 11) is 0. The Kier molecular flexibility index (Phi) is 4.22. The van der Waals surface area contributed by atoms with Crippen molar-refractivity contribution >= 4 is 0 Å². The lowest BCUT2D eigenvalue weighted by atomic mass is 9.79. The molecule has 1 saturated carbocycles. The molecule has 3 heteroatoms. The van der Waals surface area contributed by atoms with Gasteiger partial charge in [0.15, 0.2) is 0 Å². The first-order valence-corrected chi connectivity index (χ1v) is 6.76. The summed E-state index contributed by atoms with van der Waals surface area (Å²) in [6.07, 6.45) is 7.21. The molecule has 0 spiro atoms. The molecule has 0 aromatic rings. The van der Waals surface area contributed by atoms with Gasteiger partial charge in [0.05, 0.1) is 5.60 Å². The molecular weight excluding hydrogens is 202 g/mol. The quantitative estimate of drug-likeness (QED) is 0.800. The maximum atomic E-state index is 6.49. The summed E-state index contributed by atoms with van der Waals surface area (Å²) >= 11 is 0. The first kappa shape index (κ1) is 12.3. The Morgan fingerprint density at radius 2 is 1.94 bits per heavy atom. The van der Waals surface area contributed by atoms with Gasteiger partial charge < -0.3 is 15.2 Å². The monoisotopic (exact) mass is 227 g/mol. The molecule has 0 amide bonds. The topological polar surface area (TPSA) is 44.5 Å². The third kappa shape index (κ3) is 2.41. The van der Waals surface area contributed by atoms with Crippen molar-refractivity contribution in [1.82, 2.24) is 0 Å². The van der Waals surface area contributed by atoms with E-state index in [4.69, 9.17) is 15.2 Å². The third-order valence-corrected chi connectivity index (χ3v) is 4.29. The molecule has 1 aliphatic carbocycles. The maximum absolute atomic E-state index is 6.49. The molecule has 2 fully saturated rings. The van der Waals surface area contributed by atoms with Gasteiger partial charge in [0.1, 0.15) is 0 Å². The van der Waals surface area contributed by atoms with Gasteiger partial charge in [-0.2, -0.15) is 0 Å². The molecule has 1 aliphatic heterocycles. The average molecular weight is 227 g/mol. The molecule has 0 aromatic carbocycles. The zero-order chi connectivity index (χ0) is 11.4. The zero-order valence-electron chi connectivity index (χ0n) is 10.4. The highest BCUT2D eigenvalue weighted by molar-refractivity contribution is 4.97. The van der Waals surface area contributed by atoms with Crippen LogP contribution < -0.4 is 5.73 Å². The Hall–Kier alpha value is -0.120. The predicted molar refractivity (Wildman–Crippen MR) is 64.3 cm³/mol. The van der Waals surface area contributed by atoms with E-state index in [1.807, 2.05) is 0 Å². The van der Waals surface area contributed by atoms with Gasteiger partial charge in [-0.25, -0.2) is 0 Å². The summed E-state index contributed by atoms with van der Waals surface area (Å²) in [5, 5.41) is 0. The predicted octanol–water partition coefficient (Wildman–Crippen LogP) is 2.09. The number of hydrogen-bond acceptors (Lipinski definition) is 3. The van der Waals surface area contributed by atoms with Crippen molar-refractivity contribution in [2.45, 2.75) is 57.1 Å². The fraction of sp³-hybridized carbons (Fsp3) is 1.00. The molecule has 1 heterocycles. The van der Waals surface area contributed by atoms with Crippen LogP contribution in [0.1, 0.15) is 45.4 Å². The van der Waals surface area contributed by atoms with Crippen LogP contribution in [-0.4, -0.2) is 31.5 Å². The second kappa shape index (κ2) is 5.48. The fourth-order valence-corrected chi connectivity index (χ4v) is 3.32. The van der Waals surface area contributed by atoms with Crippen LogP contribution in [0.5, 0.6) is 0 Å². The lowest BCUT2D eigenvalue weighted by molar-refractivity contribution is -0.128. The normalized spacial score (nSPS) is 28.1. The Bertz CT molecular complexity index is 202. The standard InChI is InChI=1S/C13H25NO2/c1-2-16-13(7-9-15-10-8-13)12(14)11-5-3-4-6-11/h11-12H,2-10,14H2,1H3. The van der Waals surface area contributed by atoms with Crippen LogP contribution in [0.15, 0.2) is 0 Å². The first-order valence-electron chi connectivity index (χ1n) is 6.76. The number of hydrogen-bond donors (Lipinski definition) is 1. The van der Waals surface area contributed by atoms with Gasteiger partial charge >= 0.3 is 0 Å². The van der Waals surface area contributed by atoms with Crippen molar-refractivity contribution in [3.8, 4) is 0 Å². The Morgan fingerprint density at radius 1 is 1.31 bits per heavy atom. The Morgan fingerprint density at radius 3 is 2.50 bits per heavy atom. The highest BCUT2D eigenvalue weighted by Gasteiger charge is 2.43. The summed E-state index contributed by atoms with van der Waals surface area (Å²) in [5.74, 6) is 0.671. The largest absolute Gasteiger partial charge is 0.381 e. The van der Waals surface area contributed by atoms with Crippen LogP contribution in [0.3, 0.4) is 0 Å². The molecule has 2 N–H and O–H groups in total. The minimum atomic E-state index is -0.0952. The van der Waals surface area contributed by atoms with Crippen molar-refractivity contribution in [3.63, 3.8) is 0 Å². The van der Waals surface area contributed by atoms with Crippen molar-refractivity contribution in [3.05, 3.63) is 0 Å². The molecule has 3 nitrogen and oxygen atoms in total. The van der Waals surface area contributed by atoms with Crippen LogP contribution in [0.4, 0.5) is 0 Å². The van der Waals surface area contributed by atoms with Crippen LogP contribution in [-0.2, 0) is 9.47 Å². The van der Waals surface area contributed by atoms with E-state index >= 15 is 0 Å². The first-order chi connectivity index (χ1) is 7.78. The summed E-state index contributed by atoms with van der Waals surface area (Å²) in [5.41, 5.74) is 6.40. The second-order valence-electron chi connectivity index (χ2n) is 5.18. The van der Waals surface area contributed by atoms with Crippen LogP contribution in [0, 0.1) is 5.92 Å². The average Bonchev–Trinajstić information content (AvgIpc) is 2.83. The lowest BCUT2D eigenvalue weighted by Crippen LogP contribution is -2.56. The molecule has 16 heavy (non-hydrogen) atoms. The smallest absolute Gasteiger partial charge is 0.0878 e. The summed E-state index contributed by atoms with van der Waals surface area (Å²) < 4.78 is 11.5. The van der Waals surface area contributed by atoms with Gasteiger partial charge in [-0.1, -0.05) is 12.8 Å². The van der Waals surface area contributed by atoms with E-state index in [9.17, 15) is 0 Å². The van der Waals surface area contributed by atoms with Gasteiger partial charge in [0.25, 0.3) is 0 Å². The Balaban J connectivity index is 2.03. The van der Waals surface area contributed by atoms with Crippen molar-refractivity contribution in [2.24, 2.45) is 11.7 Å². The molecule has 1 unspecified atom stereocenters. The van der Waals surface area contributed by atoms with E-state index in [0.717, 1.165) is 32.7 Å². The fourth-order valence-electron chi connectivity index (χ4n) is 3.32. The van der Waals surface area contributed by atoms with Gasteiger partial charge in [0, 0.05) is 38.7 Å². The molecule has 0 radical (unpaired) electrons. The molecule has 0 aromatic heterocycles.